The van der Waals surface area contributed by atoms with Crippen LogP contribution in [0.4, 0.5) is 17.1 Å². The Morgan fingerprint density at radius 2 is 1.95 bits per heavy atom. The molecule has 2 rings (SSSR count). The summed E-state index contributed by atoms with van der Waals surface area (Å²) < 4.78 is 0. The lowest BCUT2D eigenvalue weighted by atomic mass is 9.84. The van der Waals surface area contributed by atoms with Crippen LogP contribution in [0, 0.1) is 16.0 Å². The smallest absolute Gasteiger partial charge is 0.316 e. The summed E-state index contributed by atoms with van der Waals surface area (Å²) in [5, 5.41) is 14.5. The number of hydrogen-bond acceptors (Lipinski definition) is 5. The third-order valence-corrected chi connectivity index (χ3v) is 4.11. The lowest BCUT2D eigenvalue weighted by Crippen LogP contribution is -2.28. The van der Waals surface area contributed by atoms with E-state index in [0.717, 1.165) is 0 Å². The van der Waals surface area contributed by atoms with E-state index in [1.54, 1.807) is 18.2 Å². The molecule has 20 heavy (non-hydrogen) atoms. The zero-order chi connectivity index (χ0) is 14.5. The third-order valence-electron chi connectivity index (χ3n) is 4.11. The molecule has 0 saturated heterocycles. The van der Waals surface area contributed by atoms with Crippen LogP contribution in [0.5, 0.6) is 0 Å². The van der Waals surface area contributed by atoms with Crippen molar-refractivity contribution in [2.24, 2.45) is 11.8 Å². The van der Waals surface area contributed by atoms with Gasteiger partial charge in [0.05, 0.1) is 4.92 Å². The molecule has 1 aliphatic carbocycles. The van der Waals surface area contributed by atoms with Crippen molar-refractivity contribution < 1.29 is 4.92 Å². The molecule has 0 spiro atoms. The number of nitro benzene ring substituents is 1. The molecule has 1 aliphatic rings. The van der Waals surface area contributed by atoms with Gasteiger partial charge in [0.1, 0.15) is 11.4 Å². The molecule has 0 bridgehead atoms. The van der Waals surface area contributed by atoms with Crippen molar-refractivity contribution in [1.82, 2.24) is 0 Å². The second-order valence-corrected chi connectivity index (χ2v) is 5.43. The van der Waals surface area contributed by atoms with Crippen LogP contribution < -0.4 is 16.6 Å². The first-order valence-corrected chi connectivity index (χ1v) is 7.14. The molecule has 110 valence electrons. The van der Waals surface area contributed by atoms with Gasteiger partial charge in [-0.25, -0.2) is 0 Å². The van der Waals surface area contributed by atoms with Crippen molar-refractivity contribution in [2.75, 3.05) is 10.7 Å². The summed E-state index contributed by atoms with van der Waals surface area (Å²) in [6, 6.07) is 5.33. The fourth-order valence-corrected chi connectivity index (χ4v) is 2.97. The largest absolute Gasteiger partial charge is 0.377 e. The van der Waals surface area contributed by atoms with Crippen LogP contribution in [0.15, 0.2) is 18.2 Å². The summed E-state index contributed by atoms with van der Waals surface area (Å²) >= 11 is 0. The zero-order valence-corrected chi connectivity index (χ0v) is 11.8. The van der Waals surface area contributed by atoms with Crippen LogP contribution in [0.3, 0.4) is 0 Å². The predicted molar refractivity (Wildman–Crippen MR) is 80.6 cm³/mol. The molecule has 0 aliphatic heterocycles. The predicted octanol–water partition coefficient (Wildman–Crippen LogP) is 3.26. The first-order valence-electron chi connectivity index (χ1n) is 7.14. The van der Waals surface area contributed by atoms with Gasteiger partial charge in [-0.3, -0.25) is 16.0 Å². The maximum absolute atomic E-state index is 11.2. The molecule has 0 radical (unpaired) electrons. The number of anilines is 2. The van der Waals surface area contributed by atoms with Crippen LogP contribution in [-0.2, 0) is 0 Å². The van der Waals surface area contributed by atoms with E-state index in [1.165, 1.54) is 32.1 Å². The molecular weight excluding hydrogens is 256 g/mol. The van der Waals surface area contributed by atoms with Gasteiger partial charge >= 0.3 is 5.69 Å². The van der Waals surface area contributed by atoms with Crippen molar-refractivity contribution in [3.05, 3.63) is 28.3 Å². The molecule has 1 unspecified atom stereocenters. The van der Waals surface area contributed by atoms with Crippen LogP contribution in [0.25, 0.3) is 0 Å². The number of para-hydroxylation sites is 1. The maximum Gasteiger partial charge on any atom is 0.316 e. The molecule has 1 saturated carbocycles. The van der Waals surface area contributed by atoms with Crippen LogP contribution in [0.2, 0.25) is 0 Å². The van der Waals surface area contributed by atoms with E-state index in [1.807, 2.05) is 0 Å². The summed E-state index contributed by atoms with van der Waals surface area (Å²) in [6.45, 7) is 2.10. The van der Waals surface area contributed by atoms with Gasteiger partial charge in [0, 0.05) is 6.04 Å². The number of nitrogens with one attached hydrogen (secondary N) is 2. The first-order chi connectivity index (χ1) is 9.63. The van der Waals surface area contributed by atoms with Gasteiger partial charge in [-0.1, -0.05) is 25.3 Å². The highest BCUT2D eigenvalue weighted by molar-refractivity contribution is 5.76. The summed E-state index contributed by atoms with van der Waals surface area (Å²) in [4.78, 5) is 10.8. The van der Waals surface area contributed by atoms with E-state index in [9.17, 15) is 10.1 Å². The minimum atomic E-state index is -0.398. The standard InChI is InChI=1S/C14H22N4O2/c1-10(11-6-3-2-4-7-11)16-12-8-5-9-13(17-15)14(12)18(19)20/h5,8-11,16-17H,2-4,6-7,15H2,1H3. The van der Waals surface area contributed by atoms with Gasteiger partial charge in [0.15, 0.2) is 0 Å². The van der Waals surface area contributed by atoms with Gasteiger partial charge in [0.2, 0.25) is 0 Å². The van der Waals surface area contributed by atoms with Gasteiger partial charge in [-0.15, -0.1) is 0 Å². The van der Waals surface area contributed by atoms with Crippen molar-refractivity contribution in [3.8, 4) is 0 Å². The molecule has 1 aromatic rings. The van der Waals surface area contributed by atoms with E-state index < -0.39 is 4.92 Å². The zero-order valence-electron chi connectivity index (χ0n) is 11.8. The number of rotatable bonds is 5. The Labute approximate surface area is 118 Å². The average molecular weight is 278 g/mol. The van der Waals surface area contributed by atoms with Gasteiger partial charge < -0.3 is 10.7 Å². The van der Waals surface area contributed by atoms with Gasteiger partial charge in [0.25, 0.3) is 0 Å². The van der Waals surface area contributed by atoms with Crippen molar-refractivity contribution in [1.29, 1.82) is 0 Å². The molecule has 0 aromatic heterocycles. The third kappa shape index (κ3) is 3.19. The molecule has 1 atom stereocenters. The maximum atomic E-state index is 11.2. The quantitative estimate of drug-likeness (QED) is 0.436. The number of nitrogens with two attached hydrogens (primary N) is 1. The fourth-order valence-electron chi connectivity index (χ4n) is 2.97. The summed E-state index contributed by atoms with van der Waals surface area (Å²) in [5.74, 6) is 5.93. The number of nitrogen functional groups attached to an aromatic ring is 1. The molecule has 0 amide bonds. The van der Waals surface area contributed by atoms with Crippen LogP contribution in [-0.4, -0.2) is 11.0 Å². The van der Waals surface area contributed by atoms with Gasteiger partial charge in [-0.2, -0.15) is 0 Å². The van der Waals surface area contributed by atoms with Crippen molar-refractivity contribution >= 4 is 17.1 Å². The van der Waals surface area contributed by atoms with Crippen molar-refractivity contribution in [2.45, 2.75) is 45.1 Å². The minimum Gasteiger partial charge on any atom is -0.377 e. The Morgan fingerprint density at radius 3 is 2.55 bits per heavy atom. The second kappa shape index (κ2) is 6.56. The summed E-state index contributed by atoms with van der Waals surface area (Å²) in [7, 11) is 0. The monoisotopic (exact) mass is 278 g/mol. The summed E-state index contributed by atoms with van der Waals surface area (Å²) in [5.41, 5.74) is 3.26. The van der Waals surface area contributed by atoms with Crippen LogP contribution in [0.1, 0.15) is 39.0 Å². The molecule has 1 fully saturated rings. The molecule has 4 N–H and O–H groups in total. The lowest BCUT2D eigenvalue weighted by Gasteiger charge is -2.29. The Bertz CT molecular complexity index is 472. The Morgan fingerprint density at radius 1 is 1.30 bits per heavy atom. The van der Waals surface area contributed by atoms with E-state index in [-0.39, 0.29) is 11.7 Å². The summed E-state index contributed by atoms with van der Waals surface area (Å²) in [6.07, 6.45) is 6.19. The Kier molecular flexibility index (Phi) is 4.79. The number of benzene rings is 1. The highest BCUT2D eigenvalue weighted by atomic mass is 16.6. The lowest BCUT2D eigenvalue weighted by molar-refractivity contribution is -0.383. The van der Waals surface area contributed by atoms with E-state index in [2.05, 4.69) is 17.7 Å². The SMILES string of the molecule is CC(Nc1cccc(NN)c1[N+](=O)[O-])C1CCCCC1. The minimum absolute atomic E-state index is 0.0117. The van der Waals surface area contributed by atoms with E-state index >= 15 is 0 Å². The molecule has 0 heterocycles. The second-order valence-electron chi connectivity index (χ2n) is 5.43. The molecule has 6 heteroatoms. The van der Waals surface area contributed by atoms with E-state index in [0.29, 0.717) is 17.3 Å². The highest BCUT2D eigenvalue weighted by Crippen LogP contribution is 2.34. The topological polar surface area (TPSA) is 93.2 Å². The fraction of sp³-hybridized carbons (Fsp3) is 0.571. The van der Waals surface area contributed by atoms with E-state index in [4.69, 9.17) is 5.84 Å². The van der Waals surface area contributed by atoms with Gasteiger partial charge in [-0.05, 0) is 37.8 Å². The molecule has 6 nitrogen and oxygen atoms in total. The molecule has 1 aromatic carbocycles. The Hall–Kier alpha value is -1.82. The average Bonchev–Trinajstić information content (AvgIpc) is 2.47. The van der Waals surface area contributed by atoms with Crippen molar-refractivity contribution in [3.63, 3.8) is 0 Å². The number of hydrazine groups is 1. The first kappa shape index (κ1) is 14.6. The highest BCUT2D eigenvalue weighted by Gasteiger charge is 2.24. The van der Waals surface area contributed by atoms with Crippen LogP contribution >= 0.6 is 0 Å². The number of nitrogens with zero attached hydrogens (tertiary/aromatic N) is 1. The number of nitro groups is 1. The Balaban J connectivity index is 2.17. The molecular formula is C14H22N4O2. The normalized spacial score (nSPS) is 17.5. The number of hydrogen-bond donors (Lipinski definition) is 3.